The predicted molar refractivity (Wildman–Crippen MR) is 67.2 cm³/mol. The highest BCUT2D eigenvalue weighted by Gasteiger charge is 2.16. The summed E-state index contributed by atoms with van der Waals surface area (Å²) in [6.07, 6.45) is 0.862. The molecule has 0 bridgehead atoms. The number of halogens is 1. The number of hydrogen-bond donors (Lipinski definition) is 2. The van der Waals surface area contributed by atoms with Gasteiger partial charge >= 0.3 is 0 Å². The summed E-state index contributed by atoms with van der Waals surface area (Å²) >= 11 is 0. The number of nitrogen functional groups attached to an aromatic ring is 1. The third-order valence-electron chi connectivity index (χ3n) is 2.36. The minimum Gasteiger partial charge on any atom is -0.399 e. The molecule has 1 aromatic rings. The van der Waals surface area contributed by atoms with Gasteiger partial charge in [0.1, 0.15) is 5.67 Å². The highest BCUT2D eigenvalue weighted by molar-refractivity contribution is 5.40. The minimum atomic E-state index is -1.16. The molecule has 1 atom stereocenters. The van der Waals surface area contributed by atoms with E-state index >= 15 is 0 Å². The van der Waals surface area contributed by atoms with Gasteiger partial charge in [-0.25, -0.2) is 4.39 Å². The van der Waals surface area contributed by atoms with Crippen molar-refractivity contribution in [2.75, 3.05) is 12.3 Å². The molecule has 3 heteroatoms. The van der Waals surface area contributed by atoms with Gasteiger partial charge in [-0.05, 0) is 44.9 Å². The molecule has 0 aliphatic carbocycles. The highest BCUT2D eigenvalue weighted by Crippen LogP contribution is 2.10. The smallest absolute Gasteiger partial charge is 0.117 e. The second kappa shape index (κ2) is 5.30. The molecule has 0 spiro atoms. The van der Waals surface area contributed by atoms with E-state index in [0.717, 1.165) is 12.1 Å². The number of nitrogens with one attached hydrogen (secondary N) is 1. The molecule has 90 valence electrons. The van der Waals surface area contributed by atoms with E-state index in [2.05, 4.69) is 12.2 Å². The fourth-order valence-corrected chi connectivity index (χ4v) is 1.56. The Morgan fingerprint density at radius 1 is 1.44 bits per heavy atom. The lowest BCUT2D eigenvalue weighted by Crippen LogP contribution is -2.37. The monoisotopic (exact) mass is 224 g/mol. The molecule has 0 heterocycles. The van der Waals surface area contributed by atoms with Crippen LogP contribution in [0.5, 0.6) is 0 Å². The lowest BCUT2D eigenvalue weighted by atomic mass is 10.1. The topological polar surface area (TPSA) is 38.0 Å². The van der Waals surface area contributed by atoms with Crippen LogP contribution in [0, 0.1) is 0 Å². The van der Waals surface area contributed by atoms with Crippen LogP contribution in [0.4, 0.5) is 10.1 Å². The van der Waals surface area contributed by atoms with E-state index < -0.39 is 5.67 Å². The van der Waals surface area contributed by atoms with E-state index in [-0.39, 0.29) is 6.04 Å². The number of alkyl halides is 1. The van der Waals surface area contributed by atoms with Crippen molar-refractivity contribution in [3.05, 3.63) is 29.8 Å². The Kier molecular flexibility index (Phi) is 4.30. The van der Waals surface area contributed by atoms with Gasteiger partial charge in [-0.3, -0.25) is 0 Å². The molecule has 1 rings (SSSR count). The molecule has 0 saturated carbocycles. The maximum absolute atomic E-state index is 13.3. The summed E-state index contributed by atoms with van der Waals surface area (Å²) in [5, 5.41) is 3.17. The van der Waals surface area contributed by atoms with Crippen LogP contribution >= 0.6 is 0 Å². The van der Waals surface area contributed by atoms with Gasteiger partial charge in [-0.2, -0.15) is 0 Å². The van der Waals surface area contributed by atoms with Crippen LogP contribution in [0.15, 0.2) is 24.3 Å². The molecule has 16 heavy (non-hydrogen) atoms. The summed E-state index contributed by atoms with van der Waals surface area (Å²) in [6.45, 7) is 5.58. The van der Waals surface area contributed by atoms with Gasteiger partial charge in [0.05, 0.1) is 0 Å². The molecule has 0 amide bonds. The van der Waals surface area contributed by atoms with Crippen LogP contribution in [0.1, 0.15) is 26.3 Å². The SMILES string of the molecule is C[C@H](Cc1cccc(N)c1)NCC(C)(C)F. The maximum Gasteiger partial charge on any atom is 0.117 e. The van der Waals surface area contributed by atoms with Crippen molar-refractivity contribution in [2.45, 2.75) is 38.9 Å². The van der Waals surface area contributed by atoms with Gasteiger partial charge in [0.2, 0.25) is 0 Å². The maximum atomic E-state index is 13.3. The van der Waals surface area contributed by atoms with E-state index in [9.17, 15) is 4.39 Å². The molecule has 1 aromatic carbocycles. The van der Waals surface area contributed by atoms with Crippen LogP contribution in [-0.2, 0) is 6.42 Å². The first kappa shape index (κ1) is 13.0. The van der Waals surface area contributed by atoms with Crippen LogP contribution in [0.3, 0.4) is 0 Å². The van der Waals surface area contributed by atoms with Crippen molar-refractivity contribution in [2.24, 2.45) is 0 Å². The van der Waals surface area contributed by atoms with Gasteiger partial charge in [-0.15, -0.1) is 0 Å². The third kappa shape index (κ3) is 5.12. The fourth-order valence-electron chi connectivity index (χ4n) is 1.56. The Balaban J connectivity index is 2.43. The summed E-state index contributed by atoms with van der Waals surface area (Å²) in [6, 6.07) is 8.05. The van der Waals surface area contributed by atoms with Crippen molar-refractivity contribution in [3.63, 3.8) is 0 Å². The Morgan fingerprint density at radius 2 is 2.12 bits per heavy atom. The molecule has 2 nitrogen and oxygen atoms in total. The standard InChI is InChI=1S/C13H21FN2/c1-10(16-9-13(2,3)14)7-11-5-4-6-12(15)8-11/h4-6,8,10,16H,7,9,15H2,1-3H3/t10-/m1/s1. The Labute approximate surface area is 97.0 Å². The van der Waals surface area contributed by atoms with E-state index in [4.69, 9.17) is 5.73 Å². The van der Waals surface area contributed by atoms with Gasteiger partial charge < -0.3 is 11.1 Å². The number of nitrogens with two attached hydrogens (primary N) is 1. The van der Waals surface area contributed by atoms with E-state index in [1.54, 1.807) is 13.8 Å². The average molecular weight is 224 g/mol. The molecule has 3 N–H and O–H groups in total. The first-order valence-corrected chi connectivity index (χ1v) is 5.63. The first-order chi connectivity index (χ1) is 7.37. The largest absolute Gasteiger partial charge is 0.399 e. The highest BCUT2D eigenvalue weighted by atomic mass is 19.1. The predicted octanol–water partition coefficient (Wildman–Crippen LogP) is 2.54. The first-order valence-electron chi connectivity index (χ1n) is 5.63. The second-order valence-corrected chi connectivity index (χ2v) is 4.95. The Hall–Kier alpha value is -1.09. The van der Waals surface area contributed by atoms with Crippen molar-refractivity contribution < 1.29 is 4.39 Å². The zero-order valence-corrected chi connectivity index (χ0v) is 10.3. The lowest BCUT2D eigenvalue weighted by molar-refractivity contribution is 0.204. The summed E-state index contributed by atoms with van der Waals surface area (Å²) in [5.74, 6) is 0. The molecule has 0 unspecified atom stereocenters. The summed E-state index contributed by atoms with van der Waals surface area (Å²) in [5.41, 5.74) is 6.49. The molecule has 0 aliphatic rings. The third-order valence-corrected chi connectivity index (χ3v) is 2.36. The quantitative estimate of drug-likeness (QED) is 0.754. The lowest BCUT2D eigenvalue weighted by Gasteiger charge is -2.19. The Bertz CT molecular complexity index is 331. The van der Waals surface area contributed by atoms with Gasteiger partial charge in [0.25, 0.3) is 0 Å². The van der Waals surface area contributed by atoms with E-state index in [1.165, 1.54) is 5.56 Å². The van der Waals surface area contributed by atoms with Crippen LogP contribution < -0.4 is 11.1 Å². The normalized spacial score (nSPS) is 13.8. The summed E-state index contributed by atoms with van der Waals surface area (Å²) in [7, 11) is 0. The van der Waals surface area contributed by atoms with E-state index in [0.29, 0.717) is 6.54 Å². The zero-order valence-electron chi connectivity index (χ0n) is 10.3. The second-order valence-electron chi connectivity index (χ2n) is 4.95. The zero-order chi connectivity index (χ0) is 12.2. The van der Waals surface area contributed by atoms with E-state index in [1.807, 2.05) is 24.3 Å². The average Bonchev–Trinajstić information content (AvgIpc) is 2.14. The Morgan fingerprint density at radius 3 is 2.69 bits per heavy atom. The molecule has 0 radical (unpaired) electrons. The minimum absolute atomic E-state index is 0.247. The number of benzene rings is 1. The van der Waals surface area contributed by atoms with Gasteiger partial charge in [-0.1, -0.05) is 12.1 Å². The summed E-state index contributed by atoms with van der Waals surface area (Å²) < 4.78 is 13.3. The molecular weight excluding hydrogens is 203 g/mol. The number of anilines is 1. The molecular formula is C13H21FN2. The fraction of sp³-hybridized carbons (Fsp3) is 0.538. The van der Waals surface area contributed by atoms with Crippen LogP contribution in [0.2, 0.25) is 0 Å². The number of hydrogen-bond acceptors (Lipinski definition) is 2. The molecule has 0 saturated heterocycles. The van der Waals surface area contributed by atoms with Crippen molar-refractivity contribution >= 4 is 5.69 Å². The van der Waals surface area contributed by atoms with Crippen LogP contribution in [-0.4, -0.2) is 18.3 Å². The van der Waals surface area contributed by atoms with Crippen molar-refractivity contribution in [1.29, 1.82) is 0 Å². The molecule has 0 aromatic heterocycles. The van der Waals surface area contributed by atoms with Crippen molar-refractivity contribution in [1.82, 2.24) is 5.32 Å². The molecule has 0 aliphatic heterocycles. The molecule has 0 fully saturated rings. The van der Waals surface area contributed by atoms with Gasteiger partial charge in [0, 0.05) is 18.3 Å². The number of rotatable bonds is 5. The summed E-state index contributed by atoms with van der Waals surface area (Å²) in [4.78, 5) is 0. The van der Waals surface area contributed by atoms with Crippen molar-refractivity contribution in [3.8, 4) is 0 Å². The van der Waals surface area contributed by atoms with Crippen LogP contribution in [0.25, 0.3) is 0 Å². The van der Waals surface area contributed by atoms with Gasteiger partial charge in [0.15, 0.2) is 0 Å².